The Kier molecular flexibility index (Phi) is 4.19. The van der Waals surface area contributed by atoms with E-state index in [1.54, 1.807) is 0 Å². The highest BCUT2D eigenvalue weighted by Gasteiger charge is 2.41. The van der Waals surface area contributed by atoms with Crippen molar-refractivity contribution in [3.8, 4) is 0 Å². The number of ether oxygens (including phenoxy) is 1. The van der Waals surface area contributed by atoms with Gasteiger partial charge in [-0.25, -0.2) is 4.79 Å². The molecule has 2 aliphatic rings. The summed E-state index contributed by atoms with van der Waals surface area (Å²) in [5.74, 6) is 0. The van der Waals surface area contributed by atoms with Crippen LogP contribution in [0.1, 0.15) is 13.3 Å². The van der Waals surface area contributed by atoms with Crippen molar-refractivity contribution in [1.82, 2.24) is 10.2 Å². The highest BCUT2D eigenvalue weighted by molar-refractivity contribution is 5.85. The Morgan fingerprint density at radius 1 is 1.60 bits per heavy atom. The smallest absolute Gasteiger partial charge is 0.407 e. The average Bonchev–Trinajstić information content (AvgIpc) is 2.63. The largest absolute Gasteiger partial charge is 0.465 e. The van der Waals surface area contributed by atoms with Crippen molar-refractivity contribution in [2.24, 2.45) is 0 Å². The van der Waals surface area contributed by atoms with Gasteiger partial charge in [0.2, 0.25) is 0 Å². The van der Waals surface area contributed by atoms with E-state index in [9.17, 15) is 4.79 Å². The first-order valence-electron chi connectivity index (χ1n) is 5.08. The van der Waals surface area contributed by atoms with Crippen molar-refractivity contribution >= 4 is 18.5 Å². The monoisotopic (exact) mass is 236 g/mol. The van der Waals surface area contributed by atoms with Crippen LogP contribution in [0.25, 0.3) is 0 Å². The third kappa shape index (κ3) is 2.35. The van der Waals surface area contributed by atoms with Gasteiger partial charge in [-0.3, -0.25) is 4.90 Å². The lowest BCUT2D eigenvalue weighted by atomic mass is 10.1. The van der Waals surface area contributed by atoms with Gasteiger partial charge in [0.05, 0.1) is 24.8 Å². The normalized spacial score (nSPS) is 34.5. The number of rotatable bonds is 1. The number of nitrogens with one attached hydrogen (secondary N) is 1. The maximum absolute atomic E-state index is 11.0. The molecule has 3 unspecified atom stereocenters. The van der Waals surface area contributed by atoms with E-state index >= 15 is 0 Å². The summed E-state index contributed by atoms with van der Waals surface area (Å²) in [6.45, 7) is 4.01. The molecule has 0 aromatic carbocycles. The SMILES string of the molecule is CCC1CN(C(=O)O)C2CNCC2O1.Cl. The first-order chi connectivity index (χ1) is 6.72. The fourth-order valence-electron chi connectivity index (χ4n) is 2.18. The van der Waals surface area contributed by atoms with Crippen molar-refractivity contribution in [3.05, 3.63) is 0 Å². The molecule has 0 aromatic rings. The number of amides is 1. The molecule has 15 heavy (non-hydrogen) atoms. The van der Waals surface area contributed by atoms with Crippen LogP contribution in [0.3, 0.4) is 0 Å². The van der Waals surface area contributed by atoms with Gasteiger partial charge < -0.3 is 15.2 Å². The first kappa shape index (κ1) is 12.5. The van der Waals surface area contributed by atoms with Gasteiger partial charge in [0.15, 0.2) is 0 Å². The standard InChI is InChI=1S/C9H16N2O3.ClH/c1-2-6-5-11(9(12)13)7-3-10-4-8(7)14-6;/h6-8,10H,2-5H2,1H3,(H,12,13);1H. The van der Waals surface area contributed by atoms with Crippen LogP contribution in [0.15, 0.2) is 0 Å². The van der Waals surface area contributed by atoms with Crippen molar-refractivity contribution in [3.63, 3.8) is 0 Å². The summed E-state index contributed by atoms with van der Waals surface area (Å²) in [5, 5.41) is 12.2. The zero-order valence-corrected chi connectivity index (χ0v) is 9.50. The molecular weight excluding hydrogens is 220 g/mol. The molecule has 2 rings (SSSR count). The molecule has 0 spiro atoms. The predicted octanol–water partition coefficient (Wildman–Crippen LogP) is 0.537. The van der Waals surface area contributed by atoms with Gasteiger partial charge in [0.25, 0.3) is 0 Å². The Labute approximate surface area is 95.2 Å². The summed E-state index contributed by atoms with van der Waals surface area (Å²) in [6, 6.07) is 0.00954. The molecule has 2 fully saturated rings. The minimum Gasteiger partial charge on any atom is -0.465 e. The zero-order chi connectivity index (χ0) is 10.1. The molecule has 2 N–H and O–H groups in total. The fourth-order valence-corrected chi connectivity index (χ4v) is 2.18. The Hall–Kier alpha value is -0.520. The Balaban J connectivity index is 0.00000112. The molecule has 0 aromatic heterocycles. The van der Waals surface area contributed by atoms with Crippen LogP contribution in [-0.2, 0) is 4.74 Å². The van der Waals surface area contributed by atoms with Gasteiger partial charge in [-0.05, 0) is 6.42 Å². The summed E-state index contributed by atoms with van der Waals surface area (Å²) >= 11 is 0. The topological polar surface area (TPSA) is 61.8 Å². The van der Waals surface area contributed by atoms with E-state index in [4.69, 9.17) is 9.84 Å². The van der Waals surface area contributed by atoms with E-state index in [1.807, 2.05) is 6.92 Å². The molecule has 88 valence electrons. The van der Waals surface area contributed by atoms with Crippen molar-refractivity contribution in [2.45, 2.75) is 31.6 Å². The van der Waals surface area contributed by atoms with Crippen molar-refractivity contribution in [1.29, 1.82) is 0 Å². The minimum atomic E-state index is -0.828. The highest BCUT2D eigenvalue weighted by atomic mass is 35.5. The van der Waals surface area contributed by atoms with E-state index in [0.717, 1.165) is 13.0 Å². The Morgan fingerprint density at radius 2 is 2.33 bits per heavy atom. The summed E-state index contributed by atoms with van der Waals surface area (Å²) in [5.41, 5.74) is 0. The van der Waals surface area contributed by atoms with Crippen molar-refractivity contribution < 1.29 is 14.6 Å². The lowest BCUT2D eigenvalue weighted by Crippen LogP contribution is -2.56. The van der Waals surface area contributed by atoms with Crippen molar-refractivity contribution in [2.75, 3.05) is 19.6 Å². The number of nitrogens with zero attached hydrogens (tertiary/aromatic N) is 1. The molecule has 5 nitrogen and oxygen atoms in total. The third-order valence-corrected chi connectivity index (χ3v) is 3.00. The molecule has 2 aliphatic heterocycles. The van der Waals surface area contributed by atoms with E-state index in [1.165, 1.54) is 4.90 Å². The van der Waals surface area contributed by atoms with Gasteiger partial charge in [-0.15, -0.1) is 12.4 Å². The number of halogens is 1. The molecule has 0 aliphatic carbocycles. The van der Waals surface area contributed by atoms with E-state index in [2.05, 4.69) is 5.32 Å². The van der Waals surface area contributed by atoms with Crippen LogP contribution in [0.2, 0.25) is 0 Å². The first-order valence-corrected chi connectivity index (χ1v) is 5.08. The number of hydrogen-bond acceptors (Lipinski definition) is 3. The van der Waals surface area contributed by atoms with Gasteiger partial charge >= 0.3 is 6.09 Å². The second-order valence-electron chi connectivity index (χ2n) is 3.87. The van der Waals surface area contributed by atoms with E-state index in [-0.39, 0.29) is 30.7 Å². The average molecular weight is 237 g/mol. The zero-order valence-electron chi connectivity index (χ0n) is 8.68. The molecule has 0 radical (unpaired) electrons. The Morgan fingerprint density at radius 3 is 2.93 bits per heavy atom. The molecular formula is C9H17ClN2O3. The van der Waals surface area contributed by atoms with Crippen LogP contribution in [0, 0.1) is 0 Å². The molecule has 3 atom stereocenters. The Bertz CT molecular complexity index is 239. The quantitative estimate of drug-likeness (QED) is 0.698. The number of carboxylic acid groups (broad SMARTS) is 1. The van der Waals surface area contributed by atoms with Gasteiger partial charge in [-0.2, -0.15) is 0 Å². The number of morpholine rings is 1. The third-order valence-electron chi connectivity index (χ3n) is 3.00. The number of fused-ring (bicyclic) bond motifs is 1. The van der Waals surface area contributed by atoms with Crippen LogP contribution in [-0.4, -0.2) is 54.0 Å². The van der Waals surface area contributed by atoms with Gasteiger partial charge in [0, 0.05) is 13.1 Å². The van der Waals surface area contributed by atoms with Gasteiger partial charge in [-0.1, -0.05) is 6.92 Å². The lowest BCUT2D eigenvalue weighted by molar-refractivity contribution is -0.0909. The van der Waals surface area contributed by atoms with E-state index in [0.29, 0.717) is 13.1 Å². The number of carbonyl (C=O) groups is 1. The molecule has 2 heterocycles. The molecule has 2 saturated heterocycles. The van der Waals surface area contributed by atoms with Crippen LogP contribution < -0.4 is 5.32 Å². The molecule has 0 saturated carbocycles. The summed E-state index contributed by atoms with van der Waals surface area (Å²) < 4.78 is 5.77. The second-order valence-corrected chi connectivity index (χ2v) is 3.87. The summed E-state index contributed by atoms with van der Waals surface area (Å²) in [6.07, 6.45) is 0.148. The highest BCUT2D eigenvalue weighted by Crippen LogP contribution is 2.22. The van der Waals surface area contributed by atoms with E-state index < -0.39 is 6.09 Å². The predicted molar refractivity (Wildman–Crippen MR) is 57.6 cm³/mol. The van der Waals surface area contributed by atoms with Crippen LogP contribution in [0.4, 0.5) is 4.79 Å². The number of hydrogen-bond donors (Lipinski definition) is 2. The fraction of sp³-hybridized carbons (Fsp3) is 0.889. The summed E-state index contributed by atoms with van der Waals surface area (Å²) in [4.78, 5) is 12.5. The second kappa shape index (κ2) is 5.01. The minimum absolute atomic E-state index is 0. The van der Waals surface area contributed by atoms with Crippen LogP contribution >= 0.6 is 12.4 Å². The van der Waals surface area contributed by atoms with Gasteiger partial charge in [0.1, 0.15) is 0 Å². The lowest BCUT2D eigenvalue weighted by Gasteiger charge is -2.39. The molecule has 1 amide bonds. The maximum atomic E-state index is 11.0. The van der Waals surface area contributed by atoms with Crippen LogP contribution in [0.5, 0.6) is 0 Å². The maximum Gasteiger partial charge on any atom is 0.407 e. The summed E-state index contributed by atoms with van der Waals surface area (Å²) in [7, 11) is 0. The molecule has 0 bridgehead atoms. The molecule has 6 heteroatoms.